The number of carbonyl (C=O) groups excluding carboxylic acids is 1. The fourth-order valence-electron chi connectivity index (χ4n) is 2.96. The Morgan fingerprint density at radius 3 is 2.48 bits per heavy atom. The maximum Gasteiger partial charge on any atom is 0.352 e. The molecule has 8 heteroatoms. The van der Waals surface area contributed by atoms with Gasteiger partial charge in [0.2, 0.25) is 0 Å². The van der Waals surface area contributed by atoms with Crippen LogP contribution in [0.1, 0.15) is 28.4 Å². The van der Waals surface area contributed by atoms with E-state index in [0.717, 1.165) is 10.0 Å². The summed E-state index contributed by atoms with van der Waals surface area (Å²) in [6, 6.07) is 19.2. The molecule has 1 amide bonds. The standard InChI is InChI=1S/C25H21BrClNO5/c1-2-32-22-14-17(12-20(27)23(22)33-15-16-7-6-10-19(26)11-16)13-21(25(30)31)28-24(29)18-8-4-3-5-9-18/h3-14H,2,15H2,1H3,(H,28,29)(H,30,31)/b21-13+. The van der Waals surface area contributed by atoms with Gasteiger partial charge in [-0.2, -0.15) is 0 Å². The fraction of sp³-hybridized carbons (Fsp3) is 0.120. The van der Waals surface area contributed by atoms with E-state index in [1.807, 2.05) is 31.2 Å². The average Bonchev–Trinajstić information content (AvgIpc) is 2.79. The highest BCUT2D eigenvalue weighted by atomic mass is 79.9. The summed E-state index contributed by atoms with van der Waals surface area (Å²) in [6.07, 6.45) is 1.32. The number of ether oxygens (including phenoxy) is 2. The molecule has 2 N–H and O–H groups in total. The summed E-state index contributed by atoms with van der Waals surface area (Å²) in [4.78, 5) is 24.1. The molecular weight excluding hydrogens is 510 g/mol. The first-order valence-electron chi connectivity index (χ1n) is 10.0. The lowest BCUT2D eigenvalue weighted by Crippen LogP contribution is -2.27. The number of carboxylic acids is 1. The monoisotopic (exact) mass is 529 g/mol. The summed E-state index contributed by atoms with van der Waals surface area (Å²) in [6.45, 7) is 2.44. The number of benzene rings is 3. The van der Waals surface area contributed by atoms with E-state index in [2.05, 4.69) is 21.2 Å². The highest BCUT2D eigenvalue weighted by molar-refractivity contribution is 9.10. The number of amides is 1. The molecule has 0 saturated carbocycles. The second-order valence-electron chi connectivity index (χ2n) is 6.86. The number of hydrogen-bond donors (Lipinski definition) is 2. The second-order valence-corrected chi connectivity index (χ2v) is 8.19. The van der Waals surface area contributed by atoms with E-state index in [1.54, 1.807) is 42.5 Å². The van der Waals surface area contributed by atoms with Crippen molar-refractivity contribution in [2.24, 2.45) is 0 Å². The van der Waals surface area contributed by atoms with E-state index in [0.29, 0.717) is 29.2 Å². The van der Waals surface area contributed by atoms with Gasteiger partial charge in [0.15, 0.2) is 11.5 Å². The molecule has 0 aliphatic carbocycles. The maximum atomic E-state index is 12.4. The minimum atomic E-state index is -1.29. The summed E-state index contributed by atoms with van der Waals surface area (Å²) in [5, 5.41) is 12.3. The lowest BCUT2D eigenvalue weighted by molar-refractivity contribution is -0.132. The summed E-state index contributed by atoms with van der Waals surface area (Å²) in [7, 11) is 0. The van der Waals surface area contributed by atoms with Crippen LogP contribution in [0, 0.1) is 0 Å². The van der Waals surface area contributed by atoms with E-state index in [4.69, 9.17) is 21.1 Å². The van der Waals surface area contributed by atoms with Gasteiger partial charge < -0.3 is 19.9 Å². The Bertz CT molecular complexity index is 1180. The van der Waals surface area contributed by atoms with Crippen LogP contribution in [0.2, 0.25) is 5.02 Å². The van der Waals surface area contributed by atoms with Crippen LogP contribution in [0.15, 0.2) is 76.9 Å². The Kier molecular flexibility index (Phi) is 8.52. The van der Waals surface area contributed by atoms with Crippen LogP contribution in [0.4, 0.5) is 0 Å². The number of aliphatic carboxylic acids is 1. The fourth-order valence-corrected chi connectivity index (χ4v) is 3.68. The molecule has 0 aliphatic heterocycles. The van der Waals surface area contributed by atoms with Crippen LogP contribution >= 0.6 is 27.5 Å². The molecule has 0 unspecified atom stereocenters. The van der Waals surface area contributed by atoms with Crippen LogP contribution in [0.5, 0.6) is 11.5 Å². The molecule has 3 aromatic rings. The number of halogens is 2. The van der Waals surface area contributed by atoms with Crippen LogP contribution in [0.25, 0.3) is 6.08 Å². The summed E-state index contributed by atoms with van der Waals surface area (Å²) >= 11 is 9.88. The topological polar surface area (TPSA) is 84.9 Å². The van der Waals surface area contributed by atoms with Gasteiger partial charge in [-0.3, -0.25) is 4.79 Å². The van der Waals surface area contributed by atoms with Gasteiger partial charge in [-0.05, 0) is 60.5 Å². The van der Waals surface area contributed by atoms with Crippen LogP contribution < -0.4 is 14.8 Å². The lowest BCUT2D eigenvalue weighted by Gasteiger charge is -2.15. The normalized spacial score (nSPS) is 11.1. The number of carboxylic acid groups (broad SMARTS) is 1. The molecule has 3 aromatic carbocycles. The summed E-state index contributed by atoms with van der Waals surface area (Å²) in [5.41, 5.74) is 1.41. The minimum Gasteiger partial charge on any atom is -0.490 e. The molecular formula is C25H21BrClNO5. The van der Waals surface area contributed by atoms with Gasteiger partial charge in [0, 0.05) is 10.0 Å². The zero-order valence-electron chi connectivity index (χ0n) is 17.7. The van der Waals surface area contributed by atoms with Crippen LogP contribution in [-0.2, 0) is 11.4 Å². The Morgan fingerprint density at radius 2 is 1.82 bits per heavy atom. The van der Waals surface area contributed by atoms with Crippen molar-refractivity contribution in [2.45, 2.75) is 13.5 Å². The Balaban J connectivity index is 1.87. The first-order chi connectivity index (χ1) is 15.9. The SMILES string of the molecule is CCOc1cc(/C=C(/NC(=O)c2ccccc2)C(=O)O)cc(Cl)c1OCc1cccc(Br)c1. The van der Waals surface area contributed by atoms with Gasteiger partial charge in [0.25, 0.3) is 5.91 Å². The molecule has 0 aromatic heterocycles. The first-order valence-corrected chi connectivity index (χ1v) is 11.2. The smallest absolute Gasteiger partial charge is 0.352 e. The van der Waals surface area contributed by atoms with Crippen molar-refractivity contribution in [3.8, 4) is 11.5 Å². The third kappa shape index (κ3) is 6.84. The van der Waals surface area contributed by atoms with Crippen molar-refractivity contribution >= 4 is 45.5 Å². The third-order valence-electron chi connectivity index (χ3n) is 4.43. The van der Waals surface area contributed by atoms with Crippen molar-refractivity contribution in [2.75, 3.05) is 6.61 Å². The van der Waals surface area contributed by atoms with Gasteiger partial charge in [0.05, 0.1) is 11.6 Å². The lowest BCUT2D eigenvalue weighted by atomic mass is 10.1. The molecule has 33 heavy (non-hydrogen) atoms. The van der Waals surface area contributed by atoms with Gasteiger partial charge in [-0.25, -0.2) is 4.79 Å². The van der Waals surface area contributed by atoms with Crippen molar-refractivity contribution in [3.63, 3.8) is 0 Å². The zero-order chi connectivity index (χ0) is 23.8. The minimum absolute atomic E-state index is 0.251. The molecule has 0 saturated heterocycles. The van der Waals surface area contributed by atoms with Crippen molar-refractivity contribution < 1.29 is 24.2 Å². The highest BCUT2D eigenvalue weighted by Crippen LogP contribution is 2.38. The molecule has 0 bridgehead atoms. The molecule has 0 aliphatic rings. The number of hydrogen-bond acceptors (Lipinski definition) is 4. The molecule has 0 atom stereocenters. The highest BCUT2D eigenvalue weighted by Gasteiger charge is 2.16. The predicted molar refractivity (Wildman–Crippen MR) is 131 cm³/mol. The molecule has 3 rings (SSSR count). The molecule has 6 nitrogen and oxygen atoms in total. The van der Waals surface area contributed by atoms with Crippen molar-refractivity contribution in [1.82, 2.24) is 5.32 Å². The maximum absolute atomic E-state index is 12.4. The molecule has 0 fully saturated rings. The second kappa shape index (κ2) is 11.5. The first kappa shape index (κ1) is 24.4. The number of carbonyl (C=O) groups is 2. The average molecular weight is 531 g/mol. The van der Waals surface area contributed by atoms with E-state index in [-0.39, 0.29) is 17.3 Å². The van der Waals surface area contributed by atoms with E-state index in [9.17, 15) is 14.7 Å². The Hall–Kier alpha value is -3.29. The Morgan fingerprint density at radius 1 is 1.06 bits per heavy atom. The van der Waals surface area contributed by atoms with E-state index < -0.39 is 11.9 Å². The number of rotatable bonds is 9. The largest absolute Gasteiger partial charge is 0.490 e. The molecule has 0 heterocycles. The van der Waals surface area contributed by atoms with Crippen LogP contribution in [-0.4, -0.2) is 23.6 Å². The molecule has 0 spiro atoms. The predicted octanol–water partition coefficient (Wildman–Crippen LogP) is 5.94. The van der Waals surface area contributed by atoms with Gasteiger partial charge in [-0.15, -0.1) is 0 Å². The van der Waals surface area contributed by atoms with E-state index >= 15 is 0 Å². The molecule has 0 radical (unpaired) electrons. The summed E-state index contributed by atoms with van der Waals surface area (Å²) < 4.78 is 12.5. The number of nitrogens with one attached hydrogen (secondary N) is 1. The molecule has 170 valence electrons. The zero-order valence-corrected chi connectivity index (χ0v) is 20.0. The van der Waals surface area contributed by atoms with Crippen LogP contribution in [0.3, 0.4) is 0 Å². The van der Waals surface area contributed by atoms with Crippen molar-refractivity contribution in [3.05, 3.63) is 98.6 Å². The summed E-state index contributed by atoms with van der Waals surface area (Å²) in [5.74, 6) is -1.11. The Labute approximate surface area is 204 Å². The van der Waals surface area contributed by atoms with E-state index in [1.165, 1.54) is 6.08 Å². The van der Waals surface area contributed by atoms with Gasteiger partial charge in [-0.1, -0.05) is 57.9 Å². The van der Waals surface area contributed by atoms with Gasteiger partial charge in [0.1, 0.15) is 12.3 Å². The third-order valence-corrected chi connectivity index (χ3v) is 5.20. The van der Waals surface area contributed by atoms with Crippen molar-refractivity contribution in [1.29, 1.82) is 0 Å². The quantitative estimate of drug-likeness (QED) is 0.335. The van der Waals surface area contributed by atoms with Gasteiger partial charge >= 0.3 is 5.97 Å².